The lowest BCUT2D eigenvalue weighted by atomic mass is 9.98. The summed E-state index contributed by atoms with van der Waals surface area (Å²) in [6.45, 7) is 3.91. The minimum atomic E-state index is -1.13. The number of aromatic nitrogens is 1. The molecule has 2 aromatic rings. The number of nitrogens with zero attached hydrogens (tertiary/aromatic N) is 3. The van der Waals surface area contributed by atoms with Crippen LogP contribution < -0.4 is 0 Å². The number of ether oxygens (including phenoxy) is 1. The summed E-state index contributed by atoms with van der Waals surface area (Å²) in [7, 11) is 3.39. The molecule has 0 saturated carbocycles. The summed E-state index contributed by atoms with van der Waals surface area (Å²) in [5.41, 5.74) is 0.966. The van der Waals surface area contributed by atoms with E-state index >= 15 is 0 Å². The number of hydrogen-bond donors (Lipinski definition) is 1. The van der Waals surface area contributed by atoms with Crippen LogP contribution in [0.15, 0.2) is 34.9 Å². The van der Waals surface area contributed by atoms with Gasteiger partial charge in [-0.3, -0.25) is 9.69 Å². The van der Waals surface area contributed by atoms with Gasteiger partial charge in [0.05, 0.1) is 12.1 Å². The highest BCUT2D eigenvalue weighted by Gasteiger charge is 2.34. The average Bonchev–Trinajstić information content (AvgIpc) is 3.16. The number of likely N-dealkylation sites (N-methyl/N-ethyl adjacent to an activating group) is 1. The van der Waals surface area contributed by atoms with Crippen LogP contribution >= 0.6 is 11.6 Å². The van der Waals surface area contributed by atoms with E-state index in [1.165, 1.54) is 7.11 Å². The average molecular weight is 394 g/mol. The van der Waals surface area contributed by atoms with Gasteiger partial charge in [0.25, 0.3) is 0 Å². The van der Waals surface area contributed by atoms with E-state index in [4.69, 9.17) is 20.9 Å². The molecule has 1 aliphatic heterocycles. The van der Waals surface area contributed by atoms with Gasteiger partial charge in [-0.25, -0.2) is 0 Å². The first-order chi connectivity index (χ1) is 13.0. The van der Waals surface area contributed by atoms with Crippen molar-refractivity contribution in [3.8, 4) is 11.3 Å². The van der Waals surface area contributed by atoms with Crippen LogP contribution in [0.2, 0.25) is 5.02 Å². The Morgan fingerprint density at radius 3 is 2.70 bits per heavy atom. The summed E-state index contributed by atoms with van der Waals surface area (Å²) in [6, 6.07) is 8.83. The number of carbonyl (C=O) groups is 1. The van der Waals surface area contributed by atoms with Crippen molar-refractivity contribution in [1.82, 2.24) is 15.0 Å². The minimum Gasteiger partial charge on any atom is -0.469 e. The van der Waals surface area contributed by atoms with Gasteiger partial charge in [-0.05, 0) is 19.2 Å². The van der Waals surface area contributed by atoms with Crippen LogP contribution in [0.25, 0.3) is 11.3 Å². The topological polar surface area (TPSA) is 79.0 Å². The van der Waals surface area contributed by atoms with E-state index in [9.17, 15) is 9.90 Å². The van der Waals surface area contributed by atoms with E-state index in [1.807, 2.05) is 12.1 Å². The number of piperazine rings is 1. The standard InChI is InChI=1S/C19H24ClN3O4/c1-22-7-9-23(10-8-22)12-14(19(25)26-2)18(24)16-11-17(27-21-16)13-5-3-4-6-15(13)20/h3-6,11,14,18,24H,7-10,12H2,1-2H3/t14-,18+/m1/s1. The number of methoxy groups -OCH3 is 1. The lowest BCUT2D eigenvalue weighted by molar-refractivity contribution is -0.151. The van der Waals surface area contributed by atoms with Crippen LogP contribution in [-0.4, -0.2) is 72.9 Å². The molecule has 27 heavy (non-hydrogen) atoms. The molecule has 0 aliphatic carbocycles. The second kappa shape index (κ2) is 8.84. The monoisotopic (exact) mass is 393 g/mol. The maximum absolute atomic E-state index is 12.3. The number of halogens is 1. The van der Waals surface area contributed by atoms with Crippen molar-refractivity contribution in [2.75, 3.05) is 46.9 Å². The van der Waals surface area contributed by atoms with Gasteiger partial charge >= 0.3 is 5.97 Å². The lowest BCUT2D eigenvalue weighted by Gasteiger charge is -2.34. The maximum Gasteiger partial charge on any atom is 0.313 e. The van der Waals surface area contributed by atoms with Gasteiger partial charge in [0.15, 0.2) is 5.76 Å². The number of benzene rings is 1. The SMILES string of the molecule is COC(=O)[C@H](CN1CCN(C)CC1)[C@H](O)c1cc(-c2ccccc2Cl)on1. The summed E-state index contributed by atoms with van der Waals surface area (Å²) in [6.07, 6.45) is -1.13. The quantitative estimate of drug-likeness (QED) is 0.752. The predicted octanol–water partition coefficient (Wildman–Crippen LogP) is 2.07. The van der Waals surface area contributed by atoms with Crippen molar-refractivity contribution in [3.05, 3.63) is 41.0 Å². The Morgan fingerprint density at radius 2 is 2.04 bits per heavy atom. The molecule has 7 nitrogen and oxygen atoms in total. The highest BCUT2D eigenvalue weighted by Crippen LogP contribution is 2.31. The molecular formula is C19H24ClN3O4. The smallest absolute Gasteiger partial charge is 0.313 e. The van der Waals surface area contributed by atoms with Gasteiger partial charge in [0, 0.05) is 44.4 Å². The molecular weight excluding hydrogens is 370 g/mol. The van der Waals surface area contributed by atoms with Crippen molar-refractivity contribution in [1.29, 1.82) is 0 Å². The molecule has 0 spiro atoms. The van der Waals surface area contributed by atoms with E-state index < -0.39 is 18.0 Å². The van der Waals surface area contributed by atoms with Crippen LogP contribution in [0.4, 0.5) is 0 Å². The zero-order valence-electron chi connectivity index (χ0n) is 15.5. The van der Waals surface area contributed by atoms with Crippen molar-refractivity contribution < 1.29 is 19.2 Å². The molecule has 2 heterocycles. The predicted molar refractivity (Wildman–Crippen MR) is 101 cm³/mol. The number of rotatable bonds is 6. The minimum absolute atomic E-state index is 0.287. The molecule has 146 valence electrons. The second-order valence-corrected chi connectivity index (χ2v) is 7.18. The molecule has 1 aliphatic rings. The fraction of sp³-hybridized carbons (Fsp3) is 0.474. The molecule has 1 N–H and O–H groups in total. The van der Waals surface area contributed by atoms with Crippen molar-refractivity contribution in [2.24, 2.45) is 5.92 Å². The van der Waals surface area contributed by atoms with Crippen molar-refractivity contribution in [3.63, 3.8) is 0 Å². The summed E-state index contributed by atoms with van der Waals surface area (Å²) >= 11 is 6.19. The molecule has 1 fully saturated rings. The Kier molecular flexibility index (Phi) is 6.49. The fourth-order valence-electron chi connectivity index (χ4n) is 3.19. The molecule has 0 unspecified atom stereocenters. The first-order valence-corrected chi connectivity index (χ1v) is 9.25. The molecule has 1 aromatic carbocycles. The van der Waals surface area contributed by atoms with E-state index in [-0.39, 0.29) is 5.69 Å². The lowest BCUT2D eigenvalue weighted by Crippen LogP contribution is -2.48. The van der Waals surface area contributed by atoms with Gasteiger partial charge in [-0.2, -0.15) is 0 Å². The van der Waals surface area contributed by atoms with E-state index in [0.717, 1.165) is 26.2 Å². The van der Waals surface area contributed by atoms with Crippen molar-refractivity contribution in [2.45, 2.75) is 6.10 Å². The van der Waals surface area contributed by atoms with Crippen LogP contribution in [-0.2, 0) is 9.53 Å². The number of esters is 1. The van der Waals surface area contributed by atoms with Gasteiger partial charge in [0.2, 0.25) is 0 Å². The third-order valence-electron chi connectivity index (χ3n) is 4.91. The van der Waals surface area contributed by atoms with Crippen molar-refractivity contribution >= 4 is 17.6 Å². The molecule has 3 rings (SSSR count). The molecule has 0 amide bonds. The molecule has 8 heteroatoms. The summed E-state index contributed by atoms with van der Waals surface area (Å²) in [5, 5.41) is 15.3. The zero-order valence-corrected chi connectivity index (χ0v) is 16.2. The highest BCUT2D eigenvalue weighted by molar-refractivity contribution is 6.33. The van der Waals surface area contributed by atoms with Crippen LogP contribution in [0.3, 0.4) is 0 Å². The van der Waals surface area contributed by atoms with Crippen LogP contribution in [0, 0.1) is 5.92 Å². The Labute approximate surface area is 163 Å². The van der Waals surface area contributed by atoms with Gasteiger partial charge in [0.1, 0.15) is 17.7 Å². The number of aliphatic hydroxyl groups is 1. The third kappa shape index (κ3) is 4.68. The Hall–Kier alpha value is -1.93. The summed E-state index contributed by atoms with van der Waals surface area (Å²) in [5.74, 6) is -0.774. The summed E-state index contributed by atoms with van der Waals surface area (Å²) < 4.78 is 10.3. The largest absolute Gasteiger partial charge is 0.469 e. The number of hydrogen-bond acceptors (Lipinski definition) is 7. The Morgan fingerprint density at radius 1 is 1.33 bits per heavy atom. The van der Waals surface area contributed by atoms with E-state index in [1.54, 1.807) is 18.2 Å². The second-order valence-electron chi connectivity index (χ2n) is 6.77. The fourth-order valence-corrected chi connectivity index (χ4v) is 3.41. The normalized spacial score (nSPS) is 18.2. The van der Waals surface area contributed by atoms with E-state index in [2.05, 4.69) is 22.0 Å². The molecule has 1 saturated heterocycles. The Balaban J connectivity index is 1.77. The van der Waals surface area contributed by atoms with Gasteiger partial charge < -0.3 is 19.3 Å². The highest BCUT2D eigenvalue weighted by atomic mass is 35.5. The Bertz CT molecular complexity index is 774. The molecule has 2 atom stereocenters. The van der Waals surface area contributed by atoms with Crippen LogP contribution in [0.1, 0.15) is 11.8 Å². The maximum atomic E-state index is 12.3. The van der Waals surface area contributed by atoms with Gasteiger partial charge in [-0.1, -0.05) is 28.9 Å². The molecule has 0 bridgehead atoms. The summed E-state index contributed by atoms with van der Waals surface area (Å²) in [4.78, 5) is 16.7. The zero-order chi connectivity index (χ0) is 19.4. The third-order valence-corrected chi connectivity index (χ3v) is 5.24. The van der Waals surface area contributed by atoms with Crippen LogP contribution in [0.5, 0.6) is 0 Å². The number of carbonyl (C=O) groups excluding carboxylic acids is 1. The number of aliphatic hydroxyl groups excluding tert-OH is 1. The molecule has 1 aromatic heterocycles. The first-order valence-electron chi connectivity index (χ1n) is 8.88. The first kappa shape index (κ1) is 19.8. The molecule has 0 radical (unpaired) electrons. The van der Waals surface area contributed by atoms with E-state index in [0.29, 0.717) is 22.9 Å². The van der Waals surface area contributed by atoms with Gasteiger partial charge in [-0.15, -0.1) is 0 Å².